The summed E-state index contributed by atoms with van der Waals surface area (Å²) in [5.41, 5.74) is 8.58. The second kappa shape index (κ2) is 7.70. The molecule has 2 N–H and O–H groups in total. The van der Waals surface area contributed by atoms with E-state index in [0.29, 0.717) is 26.4 Å². The second-order valence-electron chi connectivity index (χ2n) is 4.76. The molecule has 2 aromatic rings. The van der Waals surface area contributed by atoms with Crippen LogP contribution in [0, 0.1) is 6.92 Å². The fraction of sp³-hybridized carbons (Fsp3) is 0.500. The summed E-state index contributed by atoms with van der Waals surface area (Å²) >= 11 is 0. The van der Waals surface area contributed by atoms with Crippen molar-refractivity contribution in [3.05, 3.63) is 23.8 Å². The molecule has 0 spiro atoms. The molecule has 0 atom stereocenters. The molecule has 7 nitrogen and oxygen atoms in total. The second-order valence-corrected chi connectivity index (χ2v) is 4.76. The molecular formula is C14H21N5O2. The summed E-state index contributed by atoms with van der Waals surface area (Å²) in [5, 5.41) is 11.9. The fourth-order valence-electron chi connectivity index (χ4n) is 1.94. The number of hydrogen-bond acceptors (Lipinski definition) is 6. The summed E-state index contributed by atoms with van der Waals surface area (Å²) in [6, 6.07) is 5.80. The zero-order chi connectivity index (χ0) is 15.1. The van der Waals surface area contributed by atoms with E-state index < -0.39 is 0 Å². The first kappa shape index (κ1) is 15.4. The van der Waals surface area contributed by atoms with E-state index in [-0.39, 0.29) is 0 Å². The van der Waals surface area contributed by atoms with Crippen molar-refractivity contribution < 1.29 is 9.47 Å². The Kier molecular flexibility index (Phi) is 5.65. The lowest BCUT2D eigenvalue weighted by atomic mass is 10.1. The van der Waals surface area contributed by atoms with Gasteiger partial charge in [-0.25, -0.2) is 4.68 Å². The lowest BCUT2D eigenvalue weighted by Crippen LogP contribution is -2.08. The van der Waals surface area contributed by atoms with Gasteiger partial charge in [-0.05, 0) is 47.5 Å². The van der Waals surface area contributed by atoms with Crippen LogP contribution in [0.2, 0.25) is 0 Å². The van der Waals surface area contributed by atoms with Crippen molar-refractivity contribution in [3.63, 3.8) is 0 Å². The van der Waals surface area contributed by atoms with E-state index in [0.717, 1.165) is 29.1 Å². The number of nitrogens with zero attached hydrogens (tertiary/aromatic N) is 4. The van der Waals surface area contributed by atoms with Crippen molar-refractivity contribution >= 4 is 5.69 Å². The normalized spacial score (nSPS) is 11.0. The molecule has 0 amide bonds. The van der Waals surface area contributed by atoms with E-state index in [9.17, 15) is 0 Å². The van der Waals surface area contributed by atoms with Crippen LogP contribution in [-0.4, -0.2) is 47.1 Å². The van der Waals surface area contributed by atoms with E-state index in [2.05, 4.69) is 15.5 Å². The number of benzene rings is 1. The number of aryl methyl sites for hydroxylation is 2. The van der Waals surface area contributed by atoms with Crippen LogP contribution in [0.5, 0.6) is 0 Å². The molecular weight excluding hydrogens is 270 g/mol. The maximum atomic E-state index is 5.83. The van der Waals surface area contributed by atoms with Crippen molar-refractivity contribution in [1.82, 2.24) is 20.2 Å². The van der Waals surface area contributed by atoms with E-state index in [1.807, 2.05) is 25.1 Å². The third-order valence-electron chi connectivity index (χ3n) is 3.15. The number of aromatic nitrogens is 4. The smallest absolute Gasteiger partial charge is 0.182 e. The third kappa shape index (κ3) is 4.24. The SMILES string of the molecule is COCCOCCCn1nnnc1-c1ccc(N)c(C)c1. The van der Waals surface area contributed by atoms with Crippen LogP contribution in [0.25, 0.3) is 11.4 Å². The molecule has 2 rings (SSSR count). The van der Waals surface area contributed by atoms with Crippen LogP contribution in [0.3, 0.4) is 0 Å². The van der Waals surface area contributed by atoms with E-state index in [1.54, 1.807) is 11.8 Å². The Morgan fingerprint density at radius 2 is 2.10 bits per heavy atom. The molecule has 114 valence electrons. The Labute approximate surface area is 124 Å². The highest BCUT2D eigenvalue weighted by Gasteiger charge is 2.09. The summed E-state index contributed by atoms with van der Waals surface area (Å²) in [6.45, 7) is 4.55. The molecule has 7 heteroatoms. The largest absolute Gasteiger partial charge is 0.399 e. The van der Waals surface area contributed by atoms with E-state index in [1.165, 1.54) is 0 Å². The Bertz CT molecular complexity index is 570. The Hall–Kier alpha value is -1.99. The molecule has 21 heavy (non-hydrogen) atoms. The van der Waals surface area contributed by atoms with Crippen LogP contribution in [0.4, 0.5) is 5.69 Å². The Morgan fingerprint density at radius 1 is 1.24 bits per heavy atom. The number of anilines is 1. The highest BCUT2D eigenvalue weighted by atomic mass is 16.5. The van der Waals surface area contributed by atoms with Gasteiger partial charge in [0.15, 0.2) is 5.82 Å². The summed E-state index contributed by atoms with van der Waals surface area (Å²) in [7, 11) is 1.66. The van der Waals surface area contributed by atoms with E-state index in [4.69, 9.17) is 15.2 Å². The summed E-state index contributed by atoms with van der Waals surface area (Å²) in [6.07, 6.45) is 0.843. The van der Waals surface area contributed by atoms with Gasteiger partial charge in [-0.3, -0.25) is 0 Å². The molecule has 0 fully saturated rings. The van der Waals surface area contributed by atoms with Crippen molar-refractivity contribution in [3.8, 4) is 11.4 Å². The number of hydrogen-bond donors (Lipinski definition) is 1. The minimum atomic E-state index is 0.607. The maximum Gasteiger partial charge on any atom is 0.182 e. The minimum Gasteiger partial charge on any atom is -0.399 e. The molecule has 0 saturated heterocycles. The van der Waals surface area contributed by atoms with Gasteiger partial charge in [0.2, 0.25) is 0 Å². The quantitative estimate of drug-likeness (QED) is 0.582. The predicted molar refractivity (Wildman–Crippen MR) is 79.7 cm³/mol. The number of ether oxygens (including phenoxy) is 2. The van der Waals surface area contributed by atoms with Crippen LogP contribution in [-0.2, 0) is 16.0 Å². The zero-order valence-electron chi connectivity index (χ0n) is 12.5. The van der Waals surface area contributed by atoms with Crippen molar-refractivity contribution in [1.29, 1.82) is 0 Å². The standard InChI is InChI=1S/C14H21N5O2/c1-11-10-12(4-5-13(11)15)14-16-17-18-19(14)6-3-7-21-9-8-20-2/h4-5,10H,3,6-9,15H2,1-2H3. The lowest BCUT2D eigenvalue weighted by molar-refractivity contribution is 0.0677. The van der Waals surface area contributed by atoms with Crippen LogP contribution in [0.15, 0.2) is 18.2 Å². The number of nitrogens with two attached hydrogens (primary N) is 1. The van der Waals surface area contributed by atoms with Gasteiger partial charge in [0.25, 0.3) is 0 Å². The lowest BCUT2D eigenvalue weighted by Gasteiger charge is -2.07. The highest BCUT2D eigenvalue weighted by molar-refractivity contribution is 5.61. The average molecular weight is 291 g/mol. The van der Waals surface area contributed by atoms with Gasteiger partial charge in [0.1, 0.15) is 0 Å². The van der Waals surface area contributed by atoms with Gasteiger partial charge in [-0.1, -0.05) is 0 Å². The van der Waals surface area contributed by atoms with Crippen molar-refractivity contribution in [2.45, 2.75) is 19.9 Å². The average Bonchev–Trinajstić information content (AvgIpc) is 2.94. The molecule has 0 aliphatic heterocycles. The first-order valence-corrected chi connectivity index (χ1v) is 6.91. The summed E-state index contributed by atoms with van der Waals surface area (Å²) < 4.78 is 12.1. The van der Waals surface area contributed by atoms with Gasteiger partial charge in [-0.2, -0.15) is 0 Å². The van der Waals surface area contributed by atoms with Gasteiger partial charge in [0, 0.05) is 31.5 Å². The molecule has 1 heterocycles. The molecule has 1 aromatic carbocycles. The zero-order valence-corrected chi connectivity index (χ0v) is 12.5. The van der Waals surface area contributed by atoms with Gasteiger partial charge >= 0.3 is 0 Å². The number of rotatable bonds is 8. The first-order valence-electron chi connectivity index (χ1n) is 6.91. The van der Waals surface area contributed by atoms with Crippen LogP contribution in [0.1, 0.15) is 12.0 Å². The predicted octanol–water partition coefficient (Wildman–Crippen LogP) is 1.28. The summed E-state index contributed by atoms with van der Waals surface area (Å²) in [4.78, 5) is 0. The topological polar surface area (TPSA) is 88.1 Å². The molecule has 1 aromatic heterocycles. The molecule has 0 aliphatic carbocycles. The third-order valence-corrected chi connectivity index (χ3v) is 3.15. The van der Waals surface area contributed by atoms with Crippen LogP contribution >= 0.6 is 0 Å². The first-order chi connectivity index (χ1) is 10.2. The van der Waals surface area contributed by atoms with Gasteiger partial charge in [0.05, 0.1) is 13.2 Å². The van der Waals surface area contributed by atoms with Crippen molar-refractivity contribution in [2.75, 3.05) is 32.7 Å². The Morgan fingerprint density at radius 3 is 2.86 bits per heavy atom. The van der Waals surface area contributed by atoms with E-state index >= 15 is 0 Å². The number of methoxy groups -OCH3 is 1. The molecule has 0 bridgehead atoms. The maximum absolute atomic E-state index is 5.83. The highest BCUT2D eigenvalue weighted by Crippen LogP contribution is 2.21. The molecule has 0 saturated carbocycles. The minimum absolute atomic E-state index is 0.607. The molecule has 0 radical (unpaired) electrons. The Balaban J connectivity index is 1.93. The van der Waals surface area contributed by atoms with Crippen LogP contribution < -0.4 is 5.73 Å². The number of tetrazole rings is 1. The van der Waals surface area contributed by atoms with Crippen molar-refractivity contribution in [2.24, 2.45) is 0 Å². The van der Waals surface area contributed by atoms with Gasteiger partial charge < -0.3 is 15.2 Å². The number of nitrogen functional groups attached to an aromatic ring is 1. The molecule has 0 aliphatic rings. The van der Waals surface area contributed by atoms with Gasteiger partial charge in [-0.15, -0.1) is 5.10 Å². The summed E-state index contributed by atoms with van der Waals surface area (Å²) in [5.74, 6) is 0.745. The monoisotopic (exact) mass is 291 g/mol. The fourth-order valence-corrected chi connectivity index (χ4v) is 1.94. The molecule has 0 unspecified atom stereocenters.